The maximum Gasteiger partial charge on any atom is 0.283 e. The first-order valence-corrected chi connectivity index (χ1v) is 12.3. The fraction of sp³-hybridized carbons (Fsp3) is 0.583. The molecule has 5 rings (SSSR count). The Hall–Kier alpha value is -2.30. The van der Waals surface area contributed by atoms with E-state index in [4.69, 9.17) is 9.47 Å². The molecule has 0 spiro atoms. The summed E-state index contributed by atoms with van der Waals surface area (Å²) >= 11 is 3.43. The molecule has 3 aliphatic rings. The largest absolute Gasteiger partial charge is 0.380 e. The van der Waals surface area contributed by atoms with E-state index in [1.54, 1.807) is 25.7 Å². The maximum atomic E-state index is 12.9. The van der Waals surface area contributed by atoms with Crippen molar-refractivity contribution in [2.24, 2.45) is 23.2 Å². The number of anilines is 1. The number of amides is 1. The number of fused-ring (bicyclic) bond motifs is 2. The molecule has 3 aliphatic carbocycles. The van der Waals surface area contributed by atoms with Gasteiger partial charge >= 0.3 is 0 Å². The molecule has 34 heavy (non-hydrogen) atoms. The van der Waals surface area contributed by atoms with Gasteiger partial charge in [-0.15, -0.1) is 0 Å². The van der Waals surface area contributed by atoms with Crippen LogP contribution in [0, 0.1) is 23.2 Å². The number of hydrogen-bond acceptors (Lipinski definition) is 7. The van der Waals surface area contributed by atoms with Crippen LogP contribution in [0.25, 0.3) is 0 Å². The van der Waals surface area contributed by atoms with Crippen LogP contribution in [-0.2, 0) is 27.4 Å². The monoisotopic (exact) mass is 533 g/mol. The van der Waals surface area contributed by atoms with Crippen molar-refractivity contribution in [1.29, 1.82) is 0 Å². The first kappa shape index (κ1) is 24.8. The minimum Gasteiger partial charge on any atom is -0.380 e. The topological polar surface area (TPSA) is 107 Å². The second kappa shape index (κ2) is 10.5. The molecule has 184 valence electrons. The summed E-state index contributed by atoms with van der Waals surface area (Å²) in [6.07, 6.45) is 7.17. The molecule has 0 aromatic carbocycles. The molecular weight excluding hydrogens is 502 g/mol. The standard InChI is InChI=1S/C24H32BrN5O4/c1-24(2)16-8-18(24)17(13-34-14-33-3)19(9-16)29-20-11-28-30(23(32)22(20)25)12-21(31)27-10-15-4-6-26-7-5-15/h4-7,11,16-19,29H,8-10,12-14H2,1-3H3,(H,27,31). The lowest BCUT2D eigenvalue weighted by atomic mass is 9.44. The van der Waals surface area contributed by atoms with Crippen molar-refractivity contribution < 1.29 is 14.3 Å². The molecule has 2 aromatic heterocycles. The summed E-state index contributed by atoms with van der Waals surface area (Å²) in [7, 11) is 1.62. The van der Waals surface area contributed by atoms with E-state index in [2.05, 4.69) is 50.5 Å². The molecule has 2 heterocycles. The van der Waals surface area contributed by atoms with Crippen molar-refractivity contribution in [1.82, 2.24) is 20.1 Å². The molecule has 0 aliphatic heterocycles. The molecular formula is C24H32BrN5O4. The van der Waals surface area contributed by atoms with Gasteiger partial charge in [-0.1, -0.05) is 13.8 Å². The third kappa shape index (κ3) is 5.18. The molecule has 0 saturated heterocycles. The van der Waals surface area contributed by atoms with E-state index in [1.165, 1.54) is 6.42 Å². The number of pyridine rings is 1. The molecule has 2 N–H and O–H groups in total. The fourth-order valence-corrected chi connectivity index (χ4v) is 5.80. The number of hydrogen-bond donors (Lipinski definition) is 2. The van der Waals surface area contributed by atoms with E-state index < -0.39 is 0 Å². The van der Waals surface area contributed by atoms with Gasteiger partial charge in [-0.2, -0.15) is 5.10 Å². The van der Waals surface area contributed by atoms with Gasteiger partial charge < -0.3 is 20.1 Å². The Morgan fingerprint density at radius 1 is 1.29 bits per heavy atom. The number of nitrogens with zero attached hydrogens (tertiary/aromatic N) is 3. The molecule has 0 radical (unpaired) electrons. The van der Waals surface area contributed by atoms with Crippen LogP contribution in [0.5, 0.6) is 0 Å². The third-order valence-corrected chi connectivity index (χ3v) is 8.25. The summed E-state index contributed by atoms with van der Waals surface area (Å²) in [5.74, 6) is 1.22. The summed E-state index contributed by atoms with van der Waals surface area (Å²) in [5, 5.41) is 10.6. The molecule has 10 heteroatoms. The highest BCUT2D eigenvalue weighted by molar-refractivity contribution is 9.10. The number of rotatable bonds is 10. The second-order valence-electron chi connectivity index (χ2n) is 9.76. The number of carbonyl (C=O) groups is 1. The lowest BCUT2D eigenvalue weighted by Gasteiger charge is -2.62. The second-order valence-corrected chi connectivity index (χ2v) is 10.5. The normalized spacial score (nSPS) is 24.8. The van der Waals surface area contributed by atoms with Crippen molar-refractivity contribution in [2.45, 2.75) is 45.8 Å². The molecule has 1 amide bonds. The average Bonchev–Trinajstić information content (AvgIpc) is 2.83. The Morgan fingerprint density at radius 2 is 2.06 bits per heavy atom. The molecule has 9 nitrogen and oxygen atoms in total. The number of nitrogens with one attached hydrogen (secondary N) is 2. The predicted octanol–water partition coefficient (Wildman–Crippen LogP) is 2.80. The van der Waals surface area contributed by atoms with Crippen LogP contribution < -0.4 is 16.2 Å². The maximum absolute atomic E-state index is 12.9. The van der Waals surface area contributed by atoms with Crippen LogP contribution >= 0.6 is 15.9 Å². The third-order valence-electron chi connectivity index (χ3n) is 7.49. The van der Waals surface area contributed by atoms with Crippen LogP contribution in [0.2, 0.25) is 0 Å². The number of aromatic nitrogens is 3. The Balaban J connectivity index is 1.41. The van der Waals surface area contributed by atoms with Gasteiger partial charge in [-0.05, 0) is 63.7 Å². The highest BCUT2D eigenvalue weighted by Gasteiger charge is 2.57. The molecule has 3 saturated carbocycles. The Morgan fingerprint density at radius 3 is 2.76 bits per heavy atom. The highest BCUT2D eigenvalue weighted by atomic mass is 79.9. The van der Waals surface area contributed by atoms with Gasteiger partial charge in [0.05, 0.1) is 18.5 Å². The molecule has 2 aromatic rings. The summed E-state index contributed by atoms with van der Waals surface area (Å²) in [5.41, 5.74) is 1.51. The Kier molecular flexibility index (Phi) is 7.69. The Labute approximate surface area is 207 Å². The minimum atomic E-state index is -0.349. The first-order valence-electron chi connectivity index (χ1n) is 11.6. The zero-order valence-corrected chi connectivity index (χ0v) is 21.4. The number of methoxy groups -OCH3 is 1. The van der Waals surface area contributed by atoms with Gasteiger partial charge in [0.15, 0.2) is 0 Å². The summed E-state index contributed by atoms with van der Waals surface area (Å²) in [6, 6.07) is 3.82. The summed E-state index contributed by atoms with van der Waals surface area (Å²) in [6.45, 7) is 5.76. The average molecular weight is 534 g/mol. The number of ether oxygens (including phenoxy) is 2. The van der Waals surface area contributed by atoms with Crippen LogP contribution in [-0.4, -0.2) is 47.2 Å². The predicted molar refractivity (Wildman–Crippen MR) is 131 cm³/mol. The van der Waals surface area contributed by atoms with Gasteiger partial charge in [0.25, 0.3) is 5.56 Å². The van der Waals surface area contributed by atoms with E-state index in [1.807, 2.05) is 12.1 Å². The SMILES string of the molecule is COCOCC1C(Nc2cnn(CC(=O)NCc3ccncc3)c(=O)c2Br)CC2CC1C2(C)C. The fourth-order valence-electron chi connectivity index (χ4n) is 5.38. The van der Waals surface area contributed by atoms with Gasteiger partial charge in [-0.25, -0.2) is 4.68 Å². The van der Waals surface area contributed by atoms with Crippen molar-refractivity contribution in [3.8, 4) is 0 Å². The number of halogens is 1. The zero-order valence-electron chi connectivity index (χ0n) is 19.8. The summed E-state index contributed by atoms with van der Waals surface area (Å²) < 4.78 is 12.4. The number of carbonyl (C=O) groups excluding carboxylic acids is 1. The smallest absolute Gasteiger partial charge is 0.283 e. The lowest BCUT2D eigenvalue weighted by molar-refractivity contribution is -0.143. The van der Waals surface area contributed by atoms with Crippen molar-refractivity contribution in [3.63, 3.8) is 0 Å². The van der Waals surface area contributed by atoms with Crippen LogP contribution in [0.15, 0.2) is 40.0 Å². The van der Waals surface area contributed by atoms with Gasteiger partial charge in [0.2, 0.25) is 5.91 Å². The molecule has 3 fully saturated rings. The van der Waals surface area contributed by atoms with Crippen LogP contribution in [0.1, 0.15) is 32.3 Å². The Bertz CT molecular complexity index is 1060. The van der Waals surface area contributed by atoms with E-state index in [0.29, 0.717) is 46.5 Å². The van der Waals surface area contributed by atoms with Crippen molar-refractivity contribution in [2.75, 3.05) is 25.8 Å². The van der Waals surface area contributed by atoms with E-state index in [0.717, 1.165) is 16.7 Å². The molecule has 2 bridgehead atoms. The van der Waals surface area contributed by atoms with Gasteiger partial charge in [0, 0.05) is 38.0 Å². The highest BCUT2D eigenvalue weighted by Crippen LogP contribution is 2.61. The molecule has 4 unspecified atom stereocenters. The van der Waals surface area contributed by atoms with E-state index in [9.17, 15) is 9.59 Å². The minimum absolute atomic E-state index is 0.155. The van der Waals surface area contributed by atoms with Gasteiger partial charge in [-0.3, -0.25) is 14.6 Å². The quantitative estimate of drug-likeness (QED) is 0.357. The van der Waals surface area contributed by atoms with Crippen LogP contribution in [0.4, 0.5) is 5.69 Å². The molecule has 4 atom stereocenters. The van der Waals surface area contributed by atoms with E-state index in [-0.39, 0.29) is 30.8 Å². The summed E-state index contributed by atoms with van der Waals surface area (Å²) in [4.78, 5) is 29.2. The van der Waals surface area contributed by atoms with Crippen molar-refractivity contribution in [3.05, 3.63) is 51.1 Å². The van der Waals surface area contributed by atoms with Crippen LogP contribution in [0.3, 0.4) is 0 Å². The lowest BCUT2D eigenvalue weighted by Crippen LogP contribution is -2.60. The van der Waals surface area contributed by atoms with Crippen molar-refractivity contribution >= 4 is 27.5 Å². The zero-order chi connectivity index (χ0) is 24.3. The van der Waals surface area contributed by atoms with Gasteiger partial charge in [0.1, 0.15) is 17.8 Å². The first-order chi connectivity index (χ1) is 16.3. The van der Waals surface area contributed by atoms with E-state index >= 15 is 0 Å².